The van der Waals surface area contributed by atoms with E-state index in [4.69, 9.17) is 19.6 Å². The van der Waals surface area contributed by atoms with Crippen molar-refractivity contribution in [3.8, 4) is 0 Å². The highest BCUT2D eigenvalue weighted by Crippen LogP contribution is 2.55. The average molecular weight is 309 g/mol. The number of hydrogen-bond donors (Lipinski definition) is 6. The van der Waals surface area contributed by atoms with Gasteiger partial charge in [0.25, 0.3) is 5.91 Å². The molecular formula is C4H9NO7P2S2. The topological polar surface area (TPSA) is 144 Å². The maximum absolute atomic E-state index is 11.1. The quantitative estimate of drug-likeness (QED) is 0.232. The Kier molecular flexibility index (Phi) is 5.91. The lowest BCUT2D eigenvalue weighted by molar-refractivity contribution is -0.116. The molecule has 0 aromatic heterocycles. The van der Waals surface area contributed by atoms with Crippen molar-refractivity contribution < 1.29 is 33.5 Å². The van der Waals surface area contributed by atoms with Crippen molar-refractivity contribution >= 4 is 51.6 Å². The Hall–Kier alpha value is 0.340. The summed E-state index contributed by atoms with van der Waals surface area (Å²) in [5.41, 5.74) is 0. The molecule has 0 aliphatic rings. The van der Waals surface area contributed by atoms with Crippen LogP contribution < -0.4 is 0 Å². The number of hydrogen-bond acceptors (Lipinski definition) is 5. The van der Waals surface area contributed by atoms with Crippen LogP contribution in [0.5, 0.6) is 0 Å². The number of thiol groups is 2. The Bertz CT molecular complexity index is 373. The molecule has 12 heteroatoms. The molecule has 0 rings (SSSR count). The first-order valence-electron chi connectivity index (χ1n) is 3.54. The smallest absolute Gasteiger partial charge is 0.320 e. The summed E-state index contributed by atoms with van der Waals surface area (Å²) in [4.78, 5) is 48.2. The van der Waals surface area contributed by atoms with E-state index in [1.807, 2.05) is 0 Å². The molecule has 0 bridgehead atoms. The summed E-state index contributed by atoms with van der Waals surface area (Å²) >= 11 is 7.32. The number of nitrogens with zero attached hydrogens (tertiary/aromatic N) is 1. The molecule has 0 radical (unpaired) electrons. The minimum absolute atomic E-state index is 0.0962. The first kappa shape index (κ1) is 16.3. The van der Waals surface area contributed by atoms with Gasteiger partial charge in [0.05, 0.1) is 5.25 Å². The van der Waals surface area contributed by atoms with E-state index >= 15 is 0 Å². The van der Waals surface area contributed by atoms with Crippen molar-refractivity contribution in [2.24, 2.45) is 4.99 Å². The largest absolute Gasteiger partial charge is 0.383 e. The minimum atomic E-state index is -5.29. The summed E-state index contributed by atoms with van der Waals surface area (Å²) in [6.07, 6.45) is 0. The molecule has 0 aliphatic heterocycles. The van der Waals surface area contributed by atoms with Crippen molar-refractivity contribution in [1.29, 1.82) is 0 Å². The predicted octanol–water partition coefficient (Wildman–Crippen LogP) is -0.547. The Balaban J connectivity index is 5.41. The molecule has 0 aliphatic carbocycles. The Morgan fingerprint density at radius 1 is 1.19 bits per heavy atom. The van der Waals surface area contributed by atoms with Crippen LogP contribution in [0, 0.1) is 0 Å². The van der Waals surface area contributed by atoms with E-state index in [-0.39, 0.29) is 5.75 Å². The maximum atomic E-state index is 11.1. The molecule has 0 heterocycles. The fraction of sp³-hybridized carbons (Fsp3) is 0.500. The zero-order valence-corrected chi connectivity index (χ0v) is 11.1. The van der Waals surface area contributed by atoms with Gasteiger partial charge in [-0.15, -0.1) is 0 Å². The lowest BCUT2D eigenvalue weighted by atomic mass is 10.4. The second kappa shape index (κ2) is 5.79. The van der Waals surface area contributed by atoms with Crippen molar-refractivity contribution in [3.63, 3.8) is 0 Å². The molecule has 8 nitrogen and oxygen atoms in total. The lowest BCUT2D eigenvalue weighted by Gasteiger charge is -2.10. The molecule has 0 fully saturated rings. The van der Waals surface area contributed by atoms with Gasteiger partial charge >= 0.3 is 15.2 Å². The standard InChI is InChI=1S/C4H9NO7P2S2/c6-3(2(16)1-15)5-4(13(7,8)9)14(10,11)12/h2,15-16H,1H2,(H2,7,8,9)(H2,10,11,12). The normalized spacial score (nSPS) is 14.4. The zero-order chi connectivity index (χ0) is 13.1. The van der Waals surface area contributed by atoms with E-state index in [0.717, 1.165) is 0 Å². The summed E-state index contributed by atoms with van der Waals surface area (Å²) in [5.74, 6) is -1.28. The molecule has 0 saturated carbocycles. The Labute approximate surface area is 101 Å². The van der Waals surface area contributed by atoms with Crippen LogP contribution in [0.15, 0.2) is 4.99 Å². The van der Waals surface area contributed by atoms with E-state index in [1.54, 1.807) is 0 Å². The lowest BCUT2D eigenvalue weighted by Crippen LogP contribution is -2.16. The number of rotatable bonds is 4. The molecular weight excluding hydrogens is 300 g/mol. The summed E-state index contributed by atoms with van der Waals surface area (Å²) in [6, 6.07) is 0. The van der Waals surface area contributed by atoms with Gasteiger partial charge in [0.2, 0.25) is 5.19 Å². The Morgan fingerprint density at radius 3 is 1.81 bits per heavy atom. The summed E-state index contributed by atoms with van der Waals surface area (Å²) < 4.78 is 21.4. The van der Waals surface area contributed by atoms with Gasteiger partial charge in [-0.25, -0.2) is 0 Å². The average Bonchev–Trinajstić information content (AvgIpc) is 2.08. The summed E-state index contributed by atoms with van der Waals surface area (Å²) in [6.45, 7) is 0. The van der Waals surface area contributed by atoms with Gasteiger partial charge in [0.1, 0.15) is 0 Å². The van der Waals surface area contributed by atoms with Crippen molar-refractivity contribution in [1.82, 2.24) is 0 Å². The van der Waals surface area contributed by atoms with Gasteiger partial charge < -0.3 is 19.6 Å². The van der Waals surface area contributed by atoms with Crippen LogP contribution in [0.2, 0.25) is 0 Å². The van der Waals surface area contributed by atoms with Crippen molar-refractivity contribution in [3.05, 3.63) is 0 Å². The zero-order valence-electron chi connectivity index (χ0n) is 7.53. The first-order chi connectivity index (χ1) is 7.00. The molecule has 0 saturated heterocycles. The highest BCUT2D eigenvalue weighted by molar-refractivity contribution is 7.97. The highest BCUT2D eigenvalue weighted by atomic mass is 32.1. The third-order valence-corrected chi connectivity index (χ3v) is 5.05. The van der Waals surface area contributed by atoms with E-state index in [1.165, 1.54) is 0 Å². The first-order valence-corrected chi connectivity index (χ1v) is 7.91. The third kappa shape index (κ3) is 5.11. The molecule has 16 heavy (non-hydrogen) atoms. The van der Waals surface area contributed by atoms with Crippen LogP contribution in [0.1, 0.15) is 0 Å². The number of amides is 1. The van der Waals surface area contributed by atoms with E-state index < -0.39 is 31.5 Å². The molecule has 0 spiro atoms. The van der Waals surface area contributed by atoms with Gasteiger partial charge in [0.15, 0.2) is 0 Å². The fourth-order valence-electron chi connectivity index (χ4n) is 0.551. The van der Waals surface area contributed by atoms with Gasteiger partial charge in [-0.05, 0) is 0 Å². The van der Waals surface area contributed by atoms with Crippen LogP contribution in [0.3, 0.4) is 0 Å². The van der Waals surface area contributed by atoms with Crippen LogP contribution in [0.25, 0.3) is 0 Å². The van der Waals surface area contributed by atoms with Gasteiger partial charge in [0, 0.05) is 5.75 Å². The van der Waals surface area contributed by atoms with Crippen molar-refractivity contribution in [2.75, 3.05) is 5.75 Å². The fourth-order valence-corrected chi connectivity index (χ4v) is 2.58. The van der Waals surface area contributed by atoms with Crippen LogP contribution in [0.4, 0.5) is 0 Å². The summed E-state index contributed by atoms with van der Waals surface area (Å²) in [5, 5.41) is -2.86. The number of aliphatic imine (C=N–C) groups is 1. The SMILES string of the molecule is O=C(N=C(P(=O)(O)O)P(=O)(O)O)C(S)CS. The molecule has 4 N–H and O–H groups in total. The maximum Gasteiger partial charge on any atom is 0.383 e. The van der Waals surface area contributed by atoms with Gasteiger partial charge in [-0.1, -0.05) is 0 Å². The van der Waals surface area contributed by atoms with E-state index in [0.29, 0.717) is 0 Å². The molecule has 94 valence electrons. The number of carbonyl (C=O) groups excluding carboxylic acids is 1. The van der Waals surface area contributed by atoms with E-state index in [9.17, 15) is 13.9 Å². The second-order valence-electron chi connectivity index (χ2n) is 2.54. The molecule has 1 atom stereocenters. The summed E-state index contributed by atoms with van der Waals surface area (Å²) in [7, 11) is -10.6. The predicted molar refractivity (Wildman–Crippen MR) is 63.2 cm³/mol. The molecule has 0 aromatic rings. The highest BCUT2D eigenvalue weighted by Gasteiger charge is 2.39. The molecule has 0 aromatic carbocycles. The molecule has 1 unspecified atom stereocenters. The second-order valence-corrected chi connectivity index (χ2v) is 6.90. The van der Waals surface area contributed by atoms with Crippen LogP contribution in [-0.2, 0) is 13.9 Å². The van der Waals surface area contributed by atoms with Crippen molar-refractivity contribution in [2.45, 2.75) is 5.25 Å². The van der Waals surface area contributed by atoms with Gasteiger partial charge in [-0.3, -0.25) is 13.9 Å². The van der Waals surface area contributed by atoms with Crippen LogP contribution >= 0.6 is 40.4 Å². The molecule has 1 amide bonds. The number of carbonyl (C=O) groups is 1. The minimum Gasteiger partial charge on any atom is -0.320 e. The Morgan fingerprint density at radius 2 is 1.56 bits per heavy atom. The van der Waals surface area contributed by atoms with Crippen LogP contribution in [-0.4, -0.2) is 41.7 Å². The third-order valence-electron chi connectivity index (χ3n) is 1.19. The van der Waals surface area contributed by atoms with E-state index in [2.05, 4.69) is 30.2 Å². The monoisotopic (exact) mass is 309 g/mol. The van der Waals surface area contributed by atoms with Gasteiger partial charge in [-0.2, -0.15) is 30.2 Å².